The van der Waals surface area contributed by atoms with Gasteiger partial charge in [-0.05, 0) is 18.6 Å². The van der Waals surface area contributed by atoms with E-state index in [-0.39, 0.29) is 30.8 Å². The molecular formula is C14H20ClN3O3. The van der Waals surface area contributed by atoms with Gasteiger partial charge in [-0.15, -0.1) is 12.4 Å². The second-order valence-corrected chi connectivity index (χ2v) is 4.54. The maximum absolute atomic E-state index is 11.9. The summed E-state index contributed by atoms with van der Waals surface area (Å²) in [6.45, 7) is 1.51. The largest absolute Gasteiger partial charge is 0.482 e. The third kappa shape index (κ3) is 4.61. The fraction of sp³-hybridized carbons (Fsp3) is 0.429. The number of hydrogen-bond acceptors (Lipinski definition) is 4. The van der Waals surface area contributed by atoms with Crippen LogP contribution in [0.25, 0.3) is 0 Å². The van der Waals surface area contributed by atoms with Crippen LogP contribution in [0, 0.1) is 0 Å². The van der Waals surface area contributed by atoms with E-state index in [4.69, 9.17) is 10.5 Å². The normalized spacial score (nSPS) is 13.0. The number of carbonyl (C=O) groups excluding carboxylic acids is 2. The molecule has 3 N–H and O–H groups in total. The van der Waals surface area contributed by atoms with Crippen molar-refractivity contribution in [2.75, 3.05) is 31.1 Å². The van der Waals surface area contributed by atoms with Crippen LogP contribution in [0.4, 0.5) is 5.69 Å². The fourth-order valence-corrected chi connectivity index (χ4v) is 2.08. The molecule has 0 unspecified atom stereocenters. The number of rotatable bonds is 6. The van der Waals surface area contributed by atoms with Crippen molar-refractivity contribution in [1.82, 2.24) is 5.32 Å². The number of fused-ring (bicyclic) bond motifs is 1. The molecule has 1 aromatic carbocycles. The van der Waals surface area contributed by atoms with Crippen LogP contribution in [0.5, 0.6) is 5.75 Å². The van der Waals surface area contributed by atoms with Gasteiger partial charge in [-0.25, -0.2) is 0 Å². The van der Waals surface area contributed by atoms with E-state index in [0.717, 1.165) is 11.4 Å². The number of nitrogens with zero attached hydrogens (tertiary/aromatic N) is 1. The lowest BCUT2D eigenvalue weighted by molar-refractivity contribution is -0.121. The minimum atomic E-state index is -0.0583. The number of amides is 2. The summed E-state index contributed by atoms with van der Waals surface area (Å²) in [6.07, 6.45) is 1.02. The number of benzene rings is 1. The average Bonchev–Trinajstić information content (AvgIpc) is 2.45. The molecule has 0 fully saturated rings. The molecule has 2 amide bonds. The van der Waals surface area contributed by atoms with E-state index in [9.17, 15) is 9.59 Å². The highest BCUT2D eigenvalue weighted by Gasteiger charge is 2.24. The number of nitrogens with one attached hydrogen (secondary N) is 1. The first-order valence-corrected chi connectivity index (χ1v) is 6.71. The summed E-state index contributed by atoms with van der Waals surface area (Å²) in [7, 11) is 0. The highest BCUT2D eigenvalue weighted by Crippen LogP contribution is 2.31. The monoisotopic (exact) mass is 313 g/mol. The number of halogens is 1. The Morgan fingerprint density at radius 1 is 1.38 bits per heavy atom. The van der Waals surface area contributed by atoms with E-state index < -0.39 is 0 Å². The van der Waals surface area contributed by atoms with Gasteiger partial charge in [-0.3, -0.25) is 9.59 Å². The minimum absolute atomic E-state index is 0. The molecule has 0 bridgehead atoms. The summed E-state index contributed by atoms with van der Waals surface area (Å²) in [6, 6.07) is 7.45. The summed E-state index contributed by atoms with van der Waals surface area (Å²) < 4.78 is 5.37. The fourth-order valence-electron chi connectivity index (χ4n) is 2.08. The van der Waals surface area contributed by atoms with Gasteiger partial charge in [-0.1, -0.05) is 12.1 Å². The Morgan fingerprint density at radius 3 is 2.90 bits per heavy atom. The van der Waals surface area contributed by atoms with Gasteiger partial charge in [0.25, 0.3) is 5.91 Å². The summed E-state index contributed by atoms with van der Waals surface area (Å²) in [4.78, 5) is 24.9. The molecular weight excluding hydrogens is 294 g/mol. The van der Waals surface area contributed by atoms with E-state index in [2.05, 4.69) is 5.32 Å². The summed E-state index contributed by atoms with van der Waals surface area (Å²) in [5, 5.41) is 2.77. The molecule has 1 aliphatic heterocycles. The molecule has 6 nitrogen and oxygen atoms in total. The minimum Gasteiger partial charge on any atom is -0.482 e. The Bertz CT molecular complexity index is 496. The summed E-state index contributed by atoms with van der Waals surface area (Å²) in [5.74, 6) is 0.609. The Hall–Kier alpha value is -1.79. The Balaban J connectivity index is 0.00000220. The van der Waals surface area contributed by atoms with Gasteiger partial charge in [-0.2, -0.15) is 0 Å². The van der Waals surface area contributed by atoms with Gasteiger partial charge < -0.3 is 20.7 Å². The van der Waals surface area contributed by atoms with Crippen LogP contribution in [0.1, 0.15) is 12.8 Å². The lowest BCUT2D eigenvalue weighted by Crippen LogP contribution is -2.40. The van der Waals surface area contributed by atoms with Crippen molar-refractivity contribution in [3.05, 3.63) is 24.3 Å². The second kappa shape index (κ2) is 8.49. The van der Waals surface area contributed by atoms with Gasteiger partial charge in [0.2, 0.25) is 5.91 Å². The van der Waals surface area contributed by atoms with Crippen molar-refractivity contribution < 1.29 is 14.3 Å². The molecule has 0 aliphatic carbocycles. The van der Waals surface area contributed by atoms with Crippen LogP contribution >= 0.6 is 12.4 Å². The molecule has 0 spiro atoms. The first-order chi connectivity index (χ1) is 9.72. The van der Waals surface area contributed by atoms with E-state index in [1.165, 1.54) is 0 Å². The topological polar surface area (TPSA) is 84.7 Å². The standard InChI is InChI=1S/C14H19N3O3.ClH/c15-7-6-13(18)16-8-3-9-17-11-4-1-2-5-12(11)20-10-14(17)19;/h1-2,4-5H,3,6-10,15H2,(H,16,18);1H. The molecule has 21 heavy (non-hydrogen) atoms. The zero-order chi connectivity index (χ0) is 14.4. The quantitative estimate of drug-likeness (QED) is 0.757. The Kier molecular flexibility index (Phi) is 6.98. The summed E-state index contributed by atoms with van der Waals surface area (Å²) in [5.41, 5.74) is 6.08. The highest BCUT2D eigenvalue weighted by atomic mass is 35.5. The van der Waals surface area contributed by atoms with Crippen LogP contribution in [0.15, 0.2) is 24.3 Å². The van der Waals surface area contributed by atoms with Crippen LogP contribution in [-0.4, -0.2) is 38.1 Å². The molecule has 2 rings (SSSR count). The van der Waals surface area contributed by atoms with Gasteiger partial charge in [0.15, 0.2) is 6.61 Å². The van der Waals surface area contributed by atoms with Crippen molar-refractivity contribution in [2.45, 2.75) is 12.8 Å². The molecule has 0 atom stereocenters. The third-order valence-corrected chi connectivity index (χ3v) is 3.06. The van der Waals surface area contributed by atoms with Crippen LogP contribution in [0.3, 0.4) is 0 Å². The van der Waals surface area contributed by atoms with E-state index in [1.807, 2.05) is 24.3 Å². The molecule has 1 aliphatic rings. The Morgan fingerprint density at radius 2 is 2.14 bits per heavy atom. The molecule has 0 radical (unpaired) electrons. The number of hydrogen-bond donors (Lipinski definition) is 2. The lowest BCUT2D eigenvalue weighted by atomic mass is 10.2. The van der Waals surface area contributed by atoms with Crippen molar-refractivity contribution in [3.63, 3.8) is 0 Å². The zero-order valence-electron chi connectivity index (χ0n) is 11.7. The van der Waals surface area contributed by atoms with Crippen LogP contribution in [0.2, 0.25) is 0 Å². The average molecular weight is 314 g/mol. The maximum Gasteiger partial charge on any atom is 0.265 e. The van der Waals surface area contributed by atoms with Crippen LogP contribution in [-0.2, 0) is 9.59 Å². The smallest absolute Gasteiger partial charge is 0.265 e. The molecule has 7 heteroatoms. The van der Waals surface area contributed by atoms with E-state index in [1.54, 1.807) is 4.90 Å². The molecule has 0 saturated heterocycles. The first-order valence-electron chi connectivity index (χ1n) is 6.71. The van der Waals surface area contributed by atoms with Crippen molar-refractivity contribution >= 4 is 29.9 Å². The molecule has 0 saturated carbocycles. The number of carbonyl (C=O) groups is 2. The van der Waals surface area contributed by atoms with Gasteiger partial charge in [0.1, 0.15) is 5.75 Å². The lowest BCUT2D eigenvalue weighted by Gasteiger charge is -2.29. The third-order valence-electron chi connectivity index (χ3n) is 3.06. The molecule has 116 valence electrons. The number of anilines is 1. The first kappa shape index (κ1) is 17.3. The molecule has 1 heterocycles. The number of ether oxygens (including phenoxy) is 1. The Labute approximate surface area is 130 Å². The van der Waals surface area contributed by atoms with Gasteiger partial charge in [0, 0.05) is 26.1 Å². The predicted molar refractivity (Wildman–Crippen MR) is 82.8 cm³/mol. The SMILES string of the molecule is Cl.NCCC(=O)NCCCN1C(=O)COc2ccccc21. The maximum atomic E-state index is 11.9. The van der Waals surface area contributed by atoms with Crippen molar-refractivity contribution in [1.29, 1.82) is 0 Å². The predicted octanol–water partition coefficient (Wildman–Crippen LogP) is 0.689. The zero-order valence-corrected chi connectivity index (χ0v) is 12.5. The van der Waals surface area contributed by atoms with E-state index >= 15 is 0 Å². The van der Waals surface area contributed by atoms with Crippen LogP contribution < -0.4 is 20.7 Å². The molecule has 0 aromatic heterocycles. The van der Waals surface area contributed by atoms with Gasteiger partial charge >= 0.3 is 0 Å². The second-order valence-electron chi connectivity index (χ2n) is 4.54. The number of para-hydroxylation sites is 2. The van der Waals surface area contributed by atoms with Gasteiger partial charge in [0.05, 0.1) is 5.69 Å². The van der Waals surface area contributed by atoms with E-state index in [0.29, 0.717) is 32.5 Å². The number of nitrogens with two attached hydrogens (primary N) is 1. The summed E-state index contributed by atoms with van der Waals surface area (Å²) >= 11 is 0. The molecule has 1 aromatic rings. The highest BCUT2D eigenvalue weighted by molar-refractivity contribution is 5.97. The van der Waals surface area contributed by atoms with Crippen molar-refractivity contribution in [3.8, 4) is 5.75 Å². The van der Waals surface area contributed by atoms with Crippen molar-refractivity contribution in [2.24, 2.45) is 5.73 Å².